The molecule has 84 valence electrons. The summed E-state index contributed by atoms with van der Waals surface area (Å²) in [6.07, 6.45) is 4.13. The molecule has 3 heteroatoms. The van der Waals surface area contributed by atoms with Gasteiger partial charge in [0.2, 0.25) is 0 Å². The molecule has 0 spiro atoms. The van der Waals surface area contributed by atoms with Gasteiger partial charge in [-0.05, 0) is 48.6 Å². The van der Waals surface area contributed by atoms with Crippen LogP contribution >= 0.6 is 11.3 Å². The van der Waals surface area contributed by atoms with Gasteiger partial charge in [0.1, 0.15) is 0 Å². The maximum absolute atomic E-state index is 5.48. The quantitative estimate of drug-likeness (QED) is 0.850. The summed E-state index contributed by atoms with van der Waals surface area (Å²) in [6.45, 7) is 2.23. The Morgan fingerprint density at radius 3 is 3.07 bits per heavy atom. The first-order chi connectivity index (χ1) is 7.31. The molecule has 1 aliphatic rings. The Balaban J connectivity index is 1.91. The van der Waals surface area contributed by atoms with Crippen LogP contribution in [0.1, 0.15) is 37.8 Å². The van der Waals surface area contributed by atoms with E-state index >= 15 is 0 Å². The standard InChI is InChI=1S/C12H19NOS/c1-9(10-6-7-15-8-10)13-11-4-3-5-12(11)14-2/h6-9,11-13H,3-5H2,1-2H3. The van der Waals surface area contributed by atoms with Crippen LogP contribution in [0, 0.1) is 0 Å². The van der Waals surface area contributed by atoms with Gasteiger partial charge in [0.05, 0.1) is 6.10 Å². The van der Waals surface area contributed by atoms with Crippen molar-refractivity contribution in [2.75, 3.05) is 7.11 Å². The fraction of sp³-hybridized carbons (Fsp3) is 0.667. The lowest BCUT2D eigenvalue weighted by molar-refractivity contribution is 0.0820. The van der Waals surface area contributed by atoms with Crippen LogP contribution in [0.4, 0.5) is 0 Å². The summed E-state index contributed by atoms with van der Waals surface area (Å²) in [5.41, 5.74) is 1.39. The fourth-order valence-electron chi connectivity index (χ4n) is 2.34. The van der Waals surface area contributed by atoms with Gasteiger partial charge >= 0.3 is 0 Å². The van der Waals surface area contributed by atoms with E-state index in [1.165, 1.54) is 24.8 Å². The SMILES string of the molecule is COC1CCCC1NC(C)c1ccsc1. The van der Waals surface area contributed by atoms with E-state index < -0.39 is 0 Å². The number of rotatable bonds is 4. The molecule has 3 atom stereocenters. The summed E-state index contributed by atoms with van der Waals surface area (Å²) in [5, 5.41) is 8.02. The number of ether oxygens (including phenoxy) is 1. The molecule has 1 fully saturated rings. The highest BCUT2D eigenvalue weighted by Gasteiger charge is 2.28. The largest absolute Gasteiger partial charge is 0.380 e. The lowest BCUT2D eigenvalue weighted by atomic mass is 10.1. The first-order valence-corrected chi connectivity index (χ1v) is 6.56. The van der Waals surface area contributed by atoms with Gasteiger partial charge in [0.25, 0.3) is 0 Å². The number of hydrogen-bond acceptors (Lipinski definition) is 3. The molecule has 1 heterocycles. The van der Waals surface area contributed by atoms with Gasteiger partial charge in [0, 0.05) is 19.2 Å². The van der Waals surface area contributed by atoms with Crippen LogP contribution in [0.25, 0.3) is 0 Å². The van der Waals surface area contributed by atoms with E-state index in [2.05, 4.69) is 29.1 Å². The van der Waals surface area contributed by atoms with Crippen LogP contribution in [0.3, 0.4) is 0 Å². The van der Waals surface area contributed by atoms with Crippen molar-refractivity contribution >= 4 is 11.3 Å². The number of hydrogen-bond donors (Lipinski definition) is 1. The molecule has 1 aliphatic carbocycles. The normalized spacial score (nSPS) is 28.1. The highest BCUT2D eigenvalue weighted by Crippen LogP contribution is 2.25. The van der Waals surface area contributed by atoms with Crippen LogP contribution in [0.15, 0.2) is 16.8 Å². The van der Waals surface area contributed by atoms with E-state index in [9.17, 15) is 0 Å². The molecule has 1 aromatic heterocycles. The zero-order chi connectivity index (χ0) is 10.7. The lowest BCUT2D eigenvalue weighted by Gasteiger charge is -2.23. The molecule has 0 amide bonds. The third-order valence-electron chi connectivity index (χ3n) is 3.26. The maximum Gasteiger partial charge on any atom is 0.0724 e. The van der Waals surface area contributed by atoms with Crippen molar-refractivity contribution in [1.29, 1.82) is 0 Å². The molecule has 0 aliphatic heterocycles. The predicted octanol–water partition coefficient (Wildman–Crippen LogP) is 2.97. The highest BCUT2D eigenvalue weighted by molar-refractivity contribution is 7.07. The van der Waals surface area contributed by atoms with E-state index in [0.29, 0.717) is 18.2 Å². The van der Waals surface area contributed by atoms with E-state index in [4.69, 9.17) is 4.74 Å². The molecule has 3 unspecified atom stereocenters. The minimum absolute atomic E-state index is 0.408. The van der Waals surface area contributed by atoms with Crippen LogP contribution in [0.5, 0.6) is 0 Å². The van der Waals surface area contributed by atoms with Gasteiger partial charge < -0.3 is 10.1 Å². The molecule has 1 N–H and O–H groups in total. The second kappa shape index (κ2) is 5.10. The topological polar surface area (TPSA) is 21.3 Å². The molecule has 0 bridgehead atoms. The molecule has 15 heavy (non-hydrogen) atoms. The molecule has 0 radical (unpaired) electrons. The minimum atomic E-state index is 0.408. The van der Waals surface area contributed by atoms with Crippen molar-refractivity contribution in [3.63, 3.8) is 0 Å². The summed E-state index contributed by atoms with van der Waals surface area (Å²) in [7, 11) is 1.82. The first-order valence-electron chi connectivity index (χ1n) is 5.62. The Morgan fingerprint density at radius 2 is 2.40 bits per heavy atom. The minimum Gasteiger partial charge on any atom is -0.380 e. The van der Waals surface area contributed by atoms with Crippen LogP contribution in [-0.2, 0) is 4.74 Å². The van der Waals surface area contributed by atoms with Crippen LogP contribution < -0.4 is 5.32 Å². The second-order valence-electron chi connectivity index (χ2n) is 4.26. The van der Waals surface area contributed by atoms with E-state index in [1.54, 1.807) is 11.3 Å². The Bertz CT molecular complexity index is 286. The number of methoxy groups -OCH3 is 1. The number of thiophene rings is 1. The average Bonchev–Trinajstić information content (AvgIpc) is 2.87. The monoisotopic (exact) mass is 225 g/mol. The van der Waals surface area contributed by atoms with E-state index in [1.807, 2.05) is 7.11 Å². The van der Waals surface area contributed by atoms with Crippen molar-refractivity contribution in [3.05, 3.63) is 22.4 Å². The Hall–Kier alpha value is -0.380. The lowest BCUT2D eigenvalue weighted by Crippen LogP contribution is -2.38. The van der Waals surface area contributed by atoms with Gasteiger partial charge in [0.15, 0.2) is 0 Å². The van der Waals surface area contributed by atoms with Crippen LogP contribution in [-0.4, -0.2) is 19.3 Å². The molecule has 0 saturated heterocycles. The molecular formula is C12H19NOS. The van der Waals surface area contributed by atoms with Crippen molar-refractivity contribution in [2.24, 2.45) is 0 Å². The van der Waals surface area contributed by atoms with Gasteiger partial charge in [-0.1, -0.05) is 0 Å². The van der Waals surface area contributed by atoms with Gasteiger partial charge in [-0.15, -0.1) is 0 Å². The van der Waals surface area contributed by atoms with E-state index in [0.717, 1.165) is 0 Å². The molecule has 0 aromatic carbocycles. The highest BCUT2D eigenvalue weighted by atomic mass is 32.1. The molecule has 2 nitrogen and oxygen atoms in total. The predicted molar refractivity (Wildman–Crippen MR) is 64.3 cm³/mol. The summed E-state index contributed by atoms with van der Waals surface area (Å²) in [4.78, 5) is 0. The van der Waals surface area contributed by atoms with Crippen LogP contribution in [0.2, 0.25) is 0 Å². The average molecular weight is 225 g/mol. The van der Waals surface area contributed by atoms with Gasteiger partial charge in [-0.3, -0.25) is 0 Å². The summed E-state index contributed by atoms with van der Waals surface area (Å²) in [5.74, 6) is 0. The summed E-state index contributed by atoms with van der Waals surface area (Å²) >= 11 is 1.76. The Labute approximate surface area is 95.6 Å². The second-order valence-corrected chi connectivity index (χ2v) is 5.04. The van der Waals surface area contributed by atoms with Crippen molar-refractivity contribution in [2.45, 2.75) is 44.4 Å². The molecule has 2 rings (SSSR count). The number of nitrogens with one attached hydrogen (secondary N) is 1. The first kappa shape index (κ1) is 11.1. The van der Waals surface area contributed by atoms with Gasteiger partial charge in [-0.2, -0.15) is 11.3 Å². The molecular weight excluding hydrogens is 206 g/mol. The maximum atomic E-state index is 5.48. The Morgan fingerprint density at radius 1 is 1.53 bits per heavy atom. The summed E-state index contributed by atoms with van der Waals surface area (Å²) in [6, 6.07) is 3.17. The zero-order valence-corrected chi connectivity index (χ0v) is 10.2. The van der Waals surface area contributed by atoms with Gasteiger partial charge in [-0.25, -0.2) is 0 Å². The third-order valence-corrected chi connectivity index (χ3v) is 3.96. The van der Waals surface area contributed by atoms with Crippen molar-refractivity contribution in [3.8, 4) is 0 Å². The van der Waals surface area contributed by atoms with Crippen molar-refractivity contribution in [1.82, 2.24) is 5.32 Å². The smallest absolute Gasteiger partial charge is 0.0724 e. The van der Waals surface area contributed by atoms with Crippen molar-refractivity contribution < 1.29 is 4.74 Å². The molecule has 1 aromatic rings. The Kier molecular flexibility index (Phi) is 3.78. The summed E-state index contributed by atoms with van der Waals surface area (Å²) < 4.78 is 5.48. The van der Waals surface area contributed by atoms with E-state index in [-0.39, 0.29) is 0 Å². The third kappa shape index (κ3) is 2.60. The fourth-order valence-corrected chi connectivity index (χ4v) is 3.09. The molecule has 1 saturated carbocycles. The zero-order valence-electron chi connectivity index (χ0n) is 9.40.